The van der Waals surface area contributed by atoms with Crippen LogP contribution in [0, 0.1) is 10.1 Å². The molecule has 0 radical (unpaired) electrons. The number of benzene rings is 1. The molecule has 0 bridgehead atoms. The minimum Gasteiger partial charge on any atom is -0.492 e. The van der Waals surface area contributed by atoms with Crippen molar-refractivity contribution < 1.29 is 18.4 Å². The molecule has 102 valence electrons. The van der Waals surface area contributed by atoms with Crippen LogP contribution < -0.4 is 10.1 Å². The van der Waals surface area contributed by atoms with Crippen LogP contribution in [0.2, 0.25) is 0 Å². The van der Waals surface area contributed by atoms with Crippen LogP contribution in [-0.2, 0) is 5.41 Å². The number of hydrogen-bond donors (Lipinski definition) is 1. The second-order valence-electron chi connectivity index (χ2n) is 4.94. The lowest BCUT2D eigenvalue weighted by molar-refractivity contribution is -0.384. The van der Waals surface area contributed by atoms with Gasteiger partial charge in [-0.1, -0.05) is 0 Å². The van der Waals surface area contributed by atoms with Crippen LogP contribution in [0.4, 0.5) is 14.5 Å². The molecule has 0 amide bonds. The third kappa shape index (κ3) is 1.61. The van der Waals surface area contributed by atoms with Crippen molar-refractivity contribution in [2.45, 2.75) is 17.8 Å². The first-order valence-electron chi connectivity index (χ1n) is 5.97. The molecule has 1 atom stereocenters. The van der Waals surface area contributed by atoms with E-state index in [9.17, 15) is 18.9 Å². The number of nitrogens with one attached hydrogen (secondary N) is 1. The summed E-state index contributed by atoms with van der Waals surface area (Å²) >= 11 is 0. The molecule has 19 heavy (non-hydrogen) atoms. The van der Waals surface area contributed by atoms with Gasteiger partial charge in [0.25, 0.3) is 11.6 Å². The molecule has 5 nitrogen and oxygen atoms in total. The van der Waals surface area contributed by atoms with E-state index in [0.29, 0.717) is 12.1 Å². The quantitative estimate of drug-likeness (QED) is 0.625. The Morgan fingerprint density at radius 3 is 2.89 bits per heavy atom. The highest BCUT2D eigenvalue weighted by Gasteiger charge is 2.60. The van der Waals surface area contributed by atoms with Gasteiger partial charge in [0, 0.05) is 11.6 Å². The summed E-state index contributed by atoms with van der Waals surface area (Å²) in [6.45, 7) is -0.0413. The van der Waals surface area contributed by atoms with Gasteiger partial charge in [0.1, 0.15) is 12.4 Å². The molecule has 2 aliphatic heterocycles. The topological polar surface area (TPSA) is 64.4 Å². The average molecular weight is 270 g/mol. The van der Waals surface area contributed by atoms with E-state index in [0.717, 1.165) is 0 Å². The summed E-state index contributed by atoms with van der Waals surface area (Å²) in [6.07, 6.45) is 0.255. The molecule has 1 aromatic rings. The number of ether oxygens (including phenoxy) is 1. The standard InChI is InChI=1S/C12H12F2N2O3/c13-12(14)6-15-4-3-11(12)7-19-10-5-8(16(17)18)1-2-9(10)11/h1-2,5,15H,3-4,6-7H2. The zero-order valence-corrected chi connectivity index (χ0v) is 9.99. The Kier molecular flexibility index (Phi) is 2.50. The third-order valence-electron chi connectivity index (χ3n) is 3.94. The van der Waals surface area contributed by atoms with Crippen molar-refractivity contribution in [2.24, 2.45) is 0 Å². The summed E-state index contributed by atoms with van der Waals surface area (Å²) in [5.74, 6) is -2.72. The zero-order chi connectivity index (χ0) is 13.7. The number of piperidine rings is 1. The van der Waals surface area contributed by atoms with E-state index in [1.54, 1.807) is 0 Å². The minimum absolute atomic E-state index is 0.127. The number of hydrogen-bond acceptors (Lipinski definition) is 4. The number of halogens is 2. The van der Waals surface area contributed by atoms with E-state index in [1.165, 1.54) is 18.2 Å². The molecule has 1 aromatic carbocycles. The highest BCUT2D eigenvalue weighted by molar-refractivity contribution is 5.52. The first kappa shape index (κ1) is 12.3. The molecule has 7 heteroatoms. The molecule has 0 aromatic heterocycles. The molecule has 1 N–H and O–H groups in total. The number of nitrogens with zero attached hydrogens (tertiary/aromatic N) is 1. The molecule has 3 rings (SSSR count). The van der Waals surface area contributed by atoms with Crippen molar-refractivity contribution in [3.63, 3.8) is 0 Å². The summed E-state index contributed by atoms with van der Waals surface area (Å²) < 4.78 is 33.8. The van der Waals surface area contributed by atoms with E-state index >= 15 is 0 Å². The van der Waals surface area contributed by atoms with Crippen molar-refractivity contribution in [1.29, 1.82) is 0 Å². The first-order chi connectivity index (χ1) is 8.96. The van der Waals surface area contributed by atoms with Gasteiger partial charge in [-0.25, -0.2) is 8.78 Å². The van der Waals surface area contributed by atoms with Gasteiger partial charge in [0.05, 0.1) is 22.9 Å². The molecule has 0 saturated carbocycles. The van der Waals surface area contributed by atoms with Gasteiger partial charge in [-0.05, 0) is 19.0 Å². The van der Waals surface area contributed by atoms with E-state index in [-0.39, 0.29) is 24.5 Å². The van der Waals surface area contributed by atoms with E-state index in [2.05, 4.69) is 5.32 Å². The van der Waals surface area contributed by atoms with Gasteiger partial charge in [-0.3, -0.25) is 10.1 Å². The monoisotopic (exact) mass is 270 g/mol. The molecular weight excluding hydrogens is 258 g/mol. The highest BCUT2D eigenvalue weighted by Crippen LogP contribution is 2.51. The molecule has 2 heterocycles. The van der Waals surface area contributed by atoms with Crippen molar-refractivity contribution in [3.05, 3.63) is 33.9 Å². The summed E-state index contributed by atoms with van der Waals surface area (Å²) in [7, 11) is 0. The van der Waals surface area contributed by atoms with Crippen LogP contribution in [0.5, 0.6) is 5.75 Å². The predicted molar refractivity (Wildman–Crippen MR) is 62.7 cm³/mol. The minimum atomic E-state index is -2.92. The number of non-ortho nitro benzene ring substituents is 1. The summed E-state index contributed by atoms with van der Waals surface area (Å²) in [5, 5.41) is 13.4. The van der Waals surface area contributed by atoms with E-state index in [1.807, 2.05) is 0 Å². The Balaban J connectivity index is 2.09. The van der Waals surface area contributed by atoms with Gasteiger partial charge in [0.15, 0.2) is 0 Å². The van der Waals surface area contributed by atoms with Gasteiger partial charge >= 0.3 is 0 Å². The van der Waals surface area contributed by atoms with Gasteiger partial charge in [-0.15, -0.1) is 0 Å². The summed E-state index contributed by atoms with van der Waals surface area (Å²) in [6, 6.07) is 3.88. The molecule has 1 spiro atoms. The molecular formula is C12H12F2N2O3. The molecule has 2 aliphatic rings. The summed E-state index contributed by atoms with van der Waals surface area (Å²) in [4.78, 5) is 10.1. The van der Waals surface area contributed by atoms with Crippen LogP contribution >= 0.6 is 0 Å². The number of nitro benzene ring substituents is 1. The fraction of sp³-hybridized carbons (Fsp3) is 0.500. The number of fused-ring (bicyclic) bond motifs is 2. The van der Waals surface area contributed by atoms with Gasteiger partial charge in [0.2, 0.25) is 0 Å². The number of nitro groups is 1. The maximum absolute atomic E-state index is 14.2. The van der Waals surface area contributed by atoms with Crippen LogP contribution in [0.1, 0.15) is 12.0 Å². The van der Waals surface area contributed by atoms with Crippen molar-refractivity contribution in [1.82, 2.24) is 5.32 Å². The van der Waals surface area contributed by atoms with Crippen LogP contribution in [0.3, 0.4) is 0 Å². The van der Waals surface area contributed by atoms with Gasteiger partial charge in [-0.2, -0.15) is 0 Å². The second-order valence-corrected chi connectivity index (χ2v) is 4.94. The smallest absolute Gasteiger partial charge is 0.273 e. The largest absolute Gasteiger partial charge is 0.492 e. The summed E-state index contributed by atoms with van der Waals surface area (Å²) in [5.41, 5.74) is -1.12. The number of alkyl halides is 2. The highest BCUT2D eigenvalue weighted by atomic mass is 19.3. The van der Waals surface area contributed by atoms with E-state index < -0.39 is 22.8 Å². The Hall–Kier alpha value is -1.76. The molecule has 1 saturated heterocycles. The van der Waals surface area contributed by atoms with Crippen molar-refractivity contribution in [3.8, 4) is 5.75 Å². The van der Waals surface area contributed by atoms with Crippen molar-refractivity contribution >= 4 is 5.69 Å². The Morgan fingerprint density at radius 1 is 1.42 bits per heavy atom. The maximum atomic E-state index is 14.2. The fourth-order valence-corrected chi connectivity index (χ4v) is 2.83. The van der Waals surface area contributed by atoms with Crippen molar-refractivity contribution in [2.75, 3.05) is 19.7 Å². The fourth-order valence-electron chi connectivity index (χ4n) is 2.83. The lowest BCUT2D eigenvalue weighted by atomic mass is 9.72. The maximum Gasteiger partial charge on any atom is 0.273 e. The van der Waals surface area contributed by atoms with Gasteiger partial charge < -0.3 is 10.1 Å². The Morgan fingerprint density at radius 2 is 2.21 bits per heavy atom. The first-order valence-corrected chi connectivity index (χ1v) is 5.97. The third-order valence-corrected chi connectivity index (χ3v) is 3.94. The van der Waals surface area contributed by atoms with Crippen LogP contribution in [-0.4, -0.2) is 30.5 Å². The number of rotatable bonds is 1. The lowest BCUT2D eigenvalue weighted by Gasteiger charge is -2.40. The molecule has 1 fully saturated rings. The average Bonchev–Trinajstić information content (AvgIpc) is 2.73. The zero-order valence-electron chi connectivity index (χ0n) is 9.99. The molecule has 1 unspecified atom stereocenters. The normalized spacial score (nSPS) is 27.9. The second kappa shape index (κ2) is 3.86. The predicted octanol–water partition coefficient (Wildman–Crippen LogP) is 1.85. The Bertz CT molecular complexity index is 550. The van der Waals surface area contributed by atoms with Crippen LogP contribution in [0.15, 0.2) is 18.2 Å². The molecule has 0 aliphatic carbocycles. The SMILES string of the molecule is O=[N+]([O-])c1ccc2c(c1)OCC21CCNCC1(F)F. The van der Waals surface area contributed by atoms with E-state index in [4.69, 9.17) is 4.74 Å². The lowest BCUT2D eigenvalue weighted by Crippen LogP contribution is -2.57. The Labute approximate surface area is 107 Å². The van der Waals surface area contributed by atoms with Crippen LogP contribution in [0.25, 0.3) is 0 Å².